The highest BCUT2D eigenvalue weighted by molar-refractivity contribution is 14.0. The van der Waals surface area contributed by atoms with Gasteiger partial charge in [0.1, 0.15) is 12.6 Å². The standard InChI is InChI=1S/C15H23N7O2.HI/c1-4-16-15(17-8-14-19-11(2)24-20-14)22-5-6-23-13(10-22)12-7-18-21(3)9-12;/h7,9,13H,4-6,8,10H2,1-3H3,(H,16,17);1H. The first-order valence-corrected chi connectivity index (χ1v) is 8.08. The second-order valence-corrected chi connectivity index (χ2v) is 5.65. The van der Waals surface area contributed by atoms with Crippen LogP contribution in [0.15, 0.2) is 21.9 Å². The van der Waals surface area contributed by atoms with E-state index in [1.54, 1.807) is 11.6 Å². The van der Waals surface area contributed by atoms with Crippen LogP contribution in [0, 0.1) is 6.92 Å². The van der Waals surface area contributed by atoms with E-state index in [-0.39, 0.29) is 30.1 Å². The molecular formula is C15H24IN7O2. The van der Waals surface area contributed by atoms with E-state index in [4.69, 9.17) is 9.26 Å². The van der Waals surface area contributed by atoms with Crippen LogP contribution >= 0.6 is 24.0 Å². The third-order valence-corrected chi connectivity index (χ3v) is 3.74. The maximum Gasteiger partial charge on any atom is 0.223 e. The largest absolute Gasteiger partial charge is 0.370 e. The molecule has 0 radical (unpaired) electrons. The first kappa shape index (κ1) is 19.6. The zero-order valence-electron chi connectivity index (χ0n) is 14.7. The van der Waals surface area contributed by atoms with Crippen molar-refractivity contribution in [3.63, 3.8) is 0 Å². The monoisotopic (exact) mass is 461 g/mol. The van der Waals surface area contributed by atoms with Crippen LogP contribution in [0.5, 0.6) is 0 Å². The molecule has 1 aliphatic heterocycles. The average molecular weight is 461 g/mol. The van der Waals surface area contributed by atoms with E-state index >= 15 is 0 Å². The van der Waals surface area contributed by atoms with Crippen molar-refractivity contribution in [3.8, 4) is 0 Å². The summed E-state index contributed by atoms with van der Waals surface area (Å²) in [5.74, 6) is 1.96. The van der Waals surface area contributed by atoms with Gasteiger partial charge in [-0.25, -0.2) is 4.99 Å². The number of hydrogen-bond acceptors (Lipinski definition) is 6. The number of nitrogens with one attached hydrogen (secondary N) is 1. The molecule has 9 nitrogen and oxygen atoms in total. The third-order valence-electron chi connectivity index (χ3n) is 3.74. The molecule has 1 saturated heterocycles. The van der Waals surface area contributed by atoms with Crippen molar-refractivity contribution in [2.45, 2.75) is 26.5 Å². The highest BCUT2D eigenvalue weighted by atomic mass is 127. The average Bonchev–Trinajstić information content (AvgIpc) is 3.20. The van der Waals surface area contributed by atoms with E-state index in [1.165, 1.54) is 0 Å². The van der Waals surface area contributed by atoms with Gasteiger partial charge in [0.2, 0.25) is 5.89 Å². The Hall–Kier alpha value is -1.69. The molecule has 2 aromatic heterocycles. The lowest BCUT2D eigenvalue weighted by Crippen LogP contribution is -2.48. The molecule has 0 bridgehead atoms. The highest BCUT2D eigenvalue weighted by Crippen LogP contribution is 2.21. The molecule has 0 amide bonds. The Morgan fingerprint density at radius 3 is 2.96 bits per heavy atom. The molecule has 0 spiro atoms. The number of nitrogens with zero attached hydrogens (tertiary/aromatic N) is 6. The summed E-state index contributed by atoms with van der Waals surface area (Å²) in [4.78, 5) is 11.0. The number of halogens is 1. The van der Waals surface area contributed by atoms with Gasteiger partial charge < -0.3 is 19.5 Å². The van der Waals surface area contributed by atoms with Gasteiger partial charge in [0, 0.05) is 38.8 Å². The molecule has 1 N–H and O–H groups in total. The number of aromatic nitrogens is 4. The minimum Gasteiger partial charge on any atom is -0.370 e. The van der Waals surface area contributed by atoms with Crippen LogP contribution in [0.25, 0.3) is 0 Å². The van der Waals surface area contributed by atoms with E-state index < -0.39 is 0 Å². The maximum absolute atomic E-state index is 5.88. The summed E-state index contributed by atoms with van der Waals surface area (Å²) in [6.45, 7) is 7.15. The van der Waals surface area contributed by atoms with E-state index in [1.807, 2.05) is 26.4 Å². The molecular weight excluding hydrogens is 437 g/mol. The van der Waals surface area contributed by atoms with Crippen LogP contribution < -0.4 is 5.32 Å². The smallest absolute Gasteiger partial charge is 0.223 e. The molecule has 0 aliphatic carbocycles. The van der Waals surface area contributed by atoms with Crippen LogP contribution in [0.2, 0.25) is 0 Å². The molecule has 1 aliphatic rings. The lowest BCUT2D eigenvalue weighted by Gasteiger charge is -2.34. The first-order chi connectivity index (χ1) is 11.7. The molecule has 1 fully saturated rings. The number of ether oxygens (including phenoxy) is 1. The summed E-state index contributed by atoms with van der Waals surface area (Å²) in [6.07, 6.45) is 3.82. The van der Waals surface area contributed by atoms with Crippen molar-refractivity contribution < 1.29 is 9.26 Å². The van der Waals surface area contributed by atoms with Crippen LogP contribution in [-0.4, -0.2) is 57.0 Å². The summed E-state index contributed by atoms with van der Waals surface area (Å²) in [6, 6.07) is 0. The Bertz CT molecular complexity index is 700. The maximum atomic E-state index is 5.88. The SMILES string of the molecule is CCNC(=NCc1noc(C)n1)N1CCOC(c2cnn(C)c2)C1.I. The zero-order chi connectivity index (χ0) is 16.9. The van der Waals surface area contributed by atoms with E-state index in [0.29, 0.717) is 24.9 Å². The zero-order valence-corrected chi connectivity index (χ0v) is 17.0. The predicted molar refractivity (Wildman–Crippen MR) is 103 cm³/mol. The van der Waals surface area contributed by atoms with Crippen molar-refractivity contribution in [1.29, 1.82) is 0 Å². The molecule has 1 atom stereocenters. The van der Waals surface area contributed by atoms with Gasteiger partial charge in [-0.3, -0.25) is 4.68 Å². The minimum atomic E-state index is -0.0104. The van der Waals surface area contributed by atoms with E-state index in [2.05, 4.69) is 30.4 Å². The van der Waals surface area contributed by atoms with Crippen LogP contribution in [-0.2, 0) is 18.3 Å². The summed E-state index contributed by atoms with van der Waals surface area (Å²) >= 11 is 0. The van der Waals surface area contributed by atoms with Crippen LogP contribution in [0.3, 0.4) is 0 Å². The van der Waals surface area contributed by atoms with Gasteiger partial charge in [0.05, 0.1) is 19.3 Å². The predicted octanol–water partition coefficient (Wildman–Crippen LogP) is 1.27. The van der Waals surface area contributed by atoms with Gasteiger partial charge in [0.25, 0.3) is 0 Å². The molecule has 10 heteroatoms. The quantitative estimate of drug-likeness (QED) is 0.417. The molecule has 1 unspecified atom stereocenters. The molecule has 3 heterocycles. The molecule has 2 aromatic rings. The lowest BCUT2D eigenvalue weighted by molar-refractivity contribution is -0.00805. The topological polar surface area (TPSA) is 93.6 Å². The second-order valence-electron chi connectivity index (χ2n) is 5.65. The summed E-state index contributed by atoms with van der Waals surface area (Å²) in [7, 11) is 1.91. The van der Waals surface area contributed by atoms with Crippen molar-refractivity contribution >= 4 is 29.9 Å². The summed E-state index contributed by atoms with van der Waals surface area (Å²) in [5.41, 5.74) is 1.08. The number of hydrogen-bond donors (Lipinski definition) is 1. The fourth-order valence-electron chi connectivity index (χ4n) is 2.63. The van der Waals surface area contributed by atoms with Crippen molar-refractivity contribution in [2.75, 3.05) is 26.2 Å². The number of guanidine groups is 1. The van der Waals surface area contributed by atoms with Crippen LogP contribution in [0.1, 0.15) is 30.3 Å². The van der Waals surface area contributed by atoms with Gasteiger partial charge in [-0.15, -0.1) is 24.0 Å². The molecule has 138 valence electrons. The number of aryl methyl sites for hydroxylation is 2. The van der Waals surface area contributed by atoms with Gasteiger partial charge >= 0.3 is 0 Å². The number of aliphatic imine (C=N–C) groups is 1. The van der Waals surface area contributed by atoms with Gasteiger partial charge in [0.15, 0.2) is 11.8 Å². The molecule has 3 rings (SSSR count). The second kappa shape index (κ2) is 9.13. The number of rotatable bonds is 4. The van der Waals surface area contributed by atoms with Gasteiger partial charge in [-0.1, -0.05) is 5.16 Å². The molecule has 25 heavy (non-hydrogen) atoms. The van der Waals surface area contributed by atoms with Crippen molar-refractivity contribution in [3.05, 3.63) is 29.7 Å². The van der Waals surface area contributed by atoms with Crippen molar-refractivity contribution in [1.82, 2.24) is 30.1 Å². The molecule has 0 aromatic carbocycles. The lowest BCUT2D eigenvalue weighted by atomic mass is 10.1. The first-order valence-electron chi connectivity index (χ1n) is 8.08. The summed E-state index contributed by atoms with van der Waals surface area (Å²) < 4.78 is 12.7. The normalized spacial score (nSPS) is 18.1. The third kappa shape index (κ3) is 5.14. The van der Waals surface area contributed by atoms with E-state index in [0.717, 1.165) is 31.2 Å². The van der Waals surface area contributed by atoms with Crippen molar-refractivity contribution in [2.24, 2.45) is 12.0 Å². The van der Waals surface area contributed by atoms with Crippen LogP contribution in [0.4, 0.5) is 0 Å². The fourth-order valence-corrected chi connectivity index (χ4v) is 2.63. The summed E-state index contributed by atoms with van der Waals surface area (Å²) in [5, 5.41) is 11.4. The Morgan fingerprint density at radius 2 is 2.32 bits per heavy atom. The Morgan fingerprint density at radius 1 is 1.48 bits per heavy atom. The van der Waals surface area contributed by atoms with Gasteiger partial charge in [-0.2, -0.15) is 10.1 Å². The van der Waals surface area contributed by atoms with E-state index in [9.17, 15) is 0 Å². The highest BCUT2D eigenvalue weighted by Gasteiger charge is 2.25. The molecule has 0 saturated carbocycles. The van der Waals surface area contributed by atoms with Gasteiger partial charge in [-0.05, 0) is 6.92 Å². The minimum absolute atomic E-state index is 0. The number of morpholine rings is 1. The Labute approximate surface area is 163 Å². The fraction of sp³-hybridized carbons (Fsp3) is 0.600. The Balaban J connectivity index is 0.00000225. The Kier molecular flexibility index (Phi) is 7.17.